The molecule has 1 saturated heterocycles. The Morgan fingerprint density at radius 1 is 1.38 bits per heavy atom. The number of nitrogens with one attached hydrogen (secondary N) is 1. The maximum Gasteiger partial charge on any atom is 0.224 e. The standard InChI is InChI=1S/C18H22N4O2/c1-24-16-7-3-2-5-14(16)11-18(23)21-15-6-4-10-22(13-15)17-12-19-8-9-20-17/h2-3,5,7-9,12,15H,4,6,10-11,13H2,1H3,(H,21,23)/t15-/m0/s1. The lowest BCUT2D eigenvalue weighted by molar-refractivity contribution is -0.121. The van der Waals surface area contributed by atoms with Crippen LogP contribution in [0.3, 0.4) is 0 Å². The molecule has 24 heavy (non-hydrogen) atoms. The van der Waals surface area contributed by atoms with Crippen molar-refractivity contribution in [2.75, 3.05) is 25.1 Å². The zero-order valence-corrected chi connectivity index (χ0v) is 13.8. The molecule has 1 amide bonds. The molecule has 2 aromatic rings. The maximum absolute atomic E-state index is 12.4. The van der Waals surface area contributed by atoms with Crippen molar-refractivity contribution in [2.45, 2.75) is 25.3 Å². The van der Waals surface area contributed by atoms with Gasteiger partial charge in [0, 0.05) is 37.1 Å². The van der Waals surface area contributed by atoms with Crippen LogP contribution in [0.15, 0.2) is 42.9 Å². The lowest BCUT2D eigenvalue weighted by atomic mass is 10.0. The molecule has 6 nitrogen and oxygen atoms in total. The number of para-hydroxylation sites is 1. The van der Waals surface area contributed by atoms with Gasteiger partial charge < -0.3 is 15.0 Å². The Bertz CT molecular complexity index is 678. The van der Waals surface area contributed by atoms with E-state index in [9.17, 15) is 4.79 Å². The predicted octanol–water partition coefficient (Wildman–Crippen LogP) is 1.81. The molecule has 1 aromatic carbocycles. The van der Waals surface area contributed by atoms with Crippen LogP contribution in [-0.4, -0.2) is 42.1 Å². The van der Waals surface area contributed by atoms with Gasteiger partial charge in [-0.05, 0) is 18.9 Å². The molecule has 0 aliphatic carbocycles. The highest BCUT2D eigenvalue weighted by molar-refractivity contribution is 5.79. The van der Waals surface area contributed by atoms with Crippen molar-refractivity contribution in [3.8, 4) is 5.75 Å². The van der Waals surface area contributed by atoms with Gasteiger partial charge in [-0.25, -0.2) is 4.98 Å². The van der Waals surface area contributed by atoms with Crippen molar-refractivity contribution in [2.24, 2.45) is 0 Å². The largest absolute Gasteiger partial charge is 0.496 e. The smallest absolute Gasteiger partial charge is 0.224 e. The number of amides is 1. The monoisotopic (exact) mass is 326 g/mol. The van der Waals surface area contributed by atoms with Gasteiger partial charge in [0.1, 0.15) is 11.6 Å². The van der Waals surface area contributed by atoms with Gasteiger partial charge in [-0.2, -0.15) is 0 Å². The molecule has 2 heterocycles. The van der Waals surface area contributed by atoms with Crippen molar-refractivity contribution in [3.63, 3.8) is 0 Å². The second-order valence-corrected chi connectivity index (χ2v) is 5.90. The highest BCUT2D eigenvalue weighted by Gasteiger charge is 2.22. The van der Waals surface area contributed by atoms with Crippen LogP contribution < -0.4 is 15.0 Å². The Hall–Kier alpha value is -2.63. The number of anilines is 1. The predicted molar refractivity (Wildman–Crippen MR) is 92.1 cm³/mol. The van der Waals surface area contributed by atoms with Gasteiger partial charge in [-0.15, -0.1) is 0 Å². The number of methoxy groups -OCH3 is 1. The topological polar surface area (TPSA) is 67.3 Å². The van der Waals surface area contributed by atoms with Crippen molar-refractivity contribution in [1.29, 1.82) is 0 Å². The molecule has 0 saturated carbocycles. The fraction of sp³-hybridized carbons (Fsp3) is 0.389. The van der Waals surface area contributed by atoms with Crippen molar-refractivity contribution in [1.82, 2.24) is 15.3 Å². The maximum atomic E-state index is 12.4. The number of piperidine rings is 1. The van der Waals surface area contributed by atoms with Gasteiger partial charge in [0.15, 0.2) is 0 Å². The van der Waals surface area contributed by atoms with E-state index in [-0.39, 0.29) is 11.9 Å². The number of rotatable bonds is 5. The van der Waals surface area contributed by atoms with Crippen LogP contribution in [-0.2, 0) is 11.2 Å². The Kier molecular flexibility index (Phi) is 5.25. The average molecular weight is 326 g/mol. The minimum absolute atomic E-state index is 0.0190. The molecule has 1 N–H and O–H groups in total. The normalized spacial score (nSPS) is 17.4. The molecular weight excluding hydrogens is 304 g/mol. The summed E-state index contributed by atoms with van der Waals surface area (Å²) in [6, 6.07) is 7.74. The summed E-state index contributed by atoms with van der Waals surface area (Å²) in [7, 11) is 1.62. The molecule has 1 aromatic heterocycles. The van der Waals surface area contributed by atoms with E-state index in [1.807, 2.05) is 24.3 Å². The van der Waals surface area contributed by atoms with Crippen LogP contribution in [0.1, 0.15) is 18.4 Å². The molecule has 1 aliphatic heterocycles. The minimum atomic E-state index is 0.0190. The molecule has 0 spiro atoms. The van der Waals surface area contributed by atoms with E-state index < -0.39 is 0 Å². The van der Waals surface area contributed by atoms with Crippen molar-refractivity contribution < 1.29 is 9.53 Å². The van der Waals surface area contributed by atoms with Gasteiger partial charge in [0.25, 0.3) is 0 Å². The van der Waals surface area contributed by atoms with Gasteiger partial charge in [-0.3, -0.25) is 9.78 Å². The van der Waals surface area contributed by atoms with E-state index in [1.165, 1.54) is 0 Å². The number of ether oxygens (including phenoxy) is 1. The first-order chi connectivity index (χ1) is 11.8. The van der Waals surface area contributed by atoms with Crippen LogP contribution in [0, 0.1) is 0 Å². The Morgan fingerprint density at radius 2 is 2.25 bits per heavy atom. The summed E-state index contributed by atoms with van der Waals surface area (Å²) >= 11 is 0. The second-order valence-electron chi connectivity index (χ2n) is 5.90. The number of nitrogens with zero attached hydrogens (tertiary/aromatic N) is 3. The number of benzene rings is 1. The number of hydrogen-bond donors (Lipinski definition) is 1. The van der Waals surface area contributed by atoms with E-state index in [0.29, 0.717) is 6.42 Å². The molecule has 0 radical (unpaired) electrons. The van der Waals surface area contributed by atoms with Crippen molar-refractivity contribution in [3.05, 3.63) is 48.4 Å². The summed E-state index contributed by atoms with van der Waals surface area (Å²) in [5.74, 6) is 1.63. The molecule has 126 valence electrons. The molecule has 6 heteroatoms. The second kappa shape index (κ2) is 7.77. The SMILES string of the molecule is COc1ccccc1CC(=O)N[C@H]1CCCN(c2cnccn2)C1. The van der Waals surface area contributed by atoms with Crippen LogP contribution in [0.2, 0.25) is 0 Å². The Balaban J connectivity index is 1.58. The minimum Gasteiger partial charge on any atom is -0.496 e. The molecule has 1 fully saturated rings. The van der Waals surface area contributed by atoms with E-state index in [0.717, 1.165) is 43.1 Å². The van der Waals surface area contributed by atoms with E-state index in [4.69, 9.17) is 4.74 Å². The summed E-state index contributed by atoms with van der Waals surface area (Å²) in [6.07, 6.45) is 7.45. The third-order valence-electron chi connectivity index (χ3n) is 4.20. The fourth-order valence-electron chi connectivity index (χ4n) is 3.06. The summed E-state index contributed by atoms with van der Waals surface area (Å²) in [6.45, 7) is 1.70. The quantitative estimate of drug-likeness (QED) is 0.908. The van der Waals surface area contributed by atoms with Crippen LogP contribution in [0.25, 0.3) is 0 Å². The number of carbonyl (C=O) groups excluding carboxylic acids is 1. The zero-order chi connectivity index (χ0) is 16.8. The lowest BCUT2D eigenvalue weighted by Gasteiger charge is -2.33. The number of hydrogen-bond acceptors (Lipinski definition) is 5. The zero-order valence-electron chi connectivity index (χ0n) is 13.8. The highest BCUT2D eigenvalue weighted by Crippen LogP contribution is 2.19. The first-order valence-corrected chi connectivity index (χ1v) is 8.18. The van der Waals surface area contributed by atoms with E-state index in [1.54, 1.807) is 25.7 Å². The molecule has 3 rings (SSSR count). The summed E-state index contributed by atoms with van der Waals surface area (Å²) in [5, 5.41) is 3.13. The van der Waals surface area contributed by atoms with Crippen molar-refractivity contribution >= 4 is 11.7 Å². The number of aromatic nitrogens is 2. The van der Waals surface area contributed by atoms with Gasteiger partial charge in [0.2, 0.25) is 5.91 Å². The van der Waals surface area contributed by atoms with Gasteiger partial charge >= 0.3 is 0 Å². The van der Waals surface area contributed by atoms with Crippen LogP contribution >= 0.6 is 0 Å². The average Bonchev–Trinajstić information content (AvgIpc) is 2.63. The third kappa shape index (κ3) is 4.01. The summed E-state index contributed by atoms with van der Waals surface area (Å²) in [4.78, 5) is 23.0. The molecule has 0 unspecified atom stereocenters. The van der Waals surface area contributed by atoms with Gasteiger partial charge in [-0.1, -0.05) is 18.2 Å². The molecule has 1 atom stereocenters. The van der Waals surface area contributed by atoms with Crippen LogP contribution in [0.5, 0.6) is 5.75 Å². The lowest BCUT2D eigenvalue weighted by Crippen LogP contribution is -2.48. The van der Waals surface area contributed by atoms with E-state index >= 15 is 0 Å². The molecule has 1 aliphatic rings. The summed E-state index contributed by atoms with van der Waals surface area (Å²) < 4.78 is 5.31. The summed E-state index contributed by atoms with van der Waals surface area (Å²) in [5.41, 5.74) is 0.902. The first kappa shape index (κ1) is 16.2. The third-order valence-corrected chi connectivity index (χ3v) is 4.20. The van der Waals surface area contributed by atoms with Crippen LogP contribution in [0.4, 0.5) is 5.82 Å². The Morgan fingerprint density at radius 3 is 3.04 bits per heavy atom. The Labute approximate surface area is 141 Å². The highest BCUT2D eigenvalue weighted by atomic mass is 16.5. The first-order valence-electron chi connectivity index (χ1n) is 8.18. The fourth-order valence-corrected chi connectivity index (χ4v) is 3.06. The van der Waals surface area contributed by atoms with E-state index in [2.05, 4.69) is 20.2 Å². The molecule has 0 bridgehead atoms. The van der Waals surface area contributed by atoms with Gasteiger partial charge in [0.05, 0.1) is 19.7 Å². The molecular formula is C18H22N4O2. The number of carbonyl (C=O) groups is 1.